The lowest BCUT2D eigenvalue weighted by molar-refractivity contribution is -0.142. The van der Waals surface area contributed by atoms with Crippen LogP contribution >= 0.6 is 0 Å². The van der Waals surface area contributed by atoms with E-state index in [9.17, 15) is 14.4 Å². The van der Waals surface area contributed by atoms with Gasteiger partial charge in [0.25, 0.3) is 0 Å². The van der Waals surface area contributed by atoms with Gasteiger partial charge in [-0.25, -0.2) is 0 Å². The molecule has 0 spiro atoms. The first-order valence-corrected chi connectivity index (χ1v) is 5.80. The lowest BCUT2D eigenvalue weighted by atomic mass is 9.99. The first-order chi connectivity index (χ1) is 7.99. The quantitative estimate of drug-likeness (QED) is 0.677. The second-order valence-corrected chi connectivity index (χ2v) is 4.82. The first kappa shape index (κ1) is 11.9. The molecule has 94 valence electrons. The van der Waals surface area contributed by atoms with Crippen molar-refractivity contribution in [2.24, 2.45) is 11.8 Å². The molecule has 0 aromatic heterocycles. The average molecular weight is 240 g/mol. The van der Waals surface area contributed by atoms with E-state index in [0.29, 0.717) is 19.4 Å². The number of hydrogen-bond acceptors (Lipinski definition) is 3. The smallest absolute Gasteiger partial charge is 0.308 e. The van der Waals surface area contributed by atoms with Crippen molar-refractivity contribution >= 4 is 17.8 Å². The molecule has 2 heterocycles. The summed E-state index contributed by atoms with van der Waals surface area (Å²) < 4.78 is 0. The third kappa shape index (κ3) is 2.25. The van der Waals surface area contributed by atoms with Crippen molar-refractivity contribution in [1.82, 2.24) is 10.2 Å². The van der Waals surface area contributed by atoms with Crippen molar-refractivity contribution in [3.8, 4) is 0 Å². The second-order valence-electron chi connectivity index (χ2n) is 4.82. The first-order valence-electron chi connectivity index (χ1n) is 5.80. The van der Waals surface area contributed by atoms with Crippen molar-refractivity contribution < 1.29 is 19.5 Å². The molecular weight excluding hydrogens is 224 g/mol. The Hall–Kier alpha value is -1.59. The summed E-state index contributed by atoms with van der Waals surface area (Å²) in [6.07, 6.45) is 0.891. The molecule has 2 N–H and O–H groups in total. The SMILES string of the molecule is C[C@@H]1CN(C(=O)[C@@H]2CCC(=O)N2)C[C@H]1C(=O)O. The Bertz CT molecular complexity index is 368. The van der Waals surface area contributed by atoms with Gasteiger partial charge in [-0.2, -0.15) is 0 Å². The van der Waals surface area contributed by atoms with E-state index in [-0.39, 0.29) is 24.3 Å². The van der Waals surface area contributed by atoms with Crippen LogP contribution < -0.4 is 5.32 Å². The maximum atomic E-state index is 12.0. The van der Waals surface area contributed by atoms with Crippen LogP contribution in [0, 0.1) is 11.8 Å². The fraction of sp³-hybridized carbons (Fsp3) is 0.727. The molecule has 0 saturated carbocycles. The van der Waals surface area contributed by atoms with E-state index in [2.05, 4.69) is 5.32 Å². The molecule has 17 heavy (non-hydrogen) atoms. The predicted octanol–water partition coefficient (Wildman–Crippen LogP) is -0.556. The van der Waals surface area contributed by atoms with E-state index >= 15 is 0 Å². The Morgan fingerprint density at radius 3 is 2.59 bits per heavy atom. The van der Waals surface area contributed by atoms with E-state index < -0.39 is 17.9 Å². The molecule has 2 amide bonds. The van der Waals surface area contributed by atoms with Gasteiger partial charge in [0.15, 0.2) is 0 Å². The maximum absolute atomic E-state index is 12.0. The molecule has 2 fully saturated rings. The van der Waals surface area contributed by atoms with Gasteiger partial charge in [-0.15, -0.1) is 0 Å². The Balaban J connectivity index is 1.98. The zero-order valence-corrected chi connectivity index (χ0v) is 9.68. The molecule has 0 unspecified atom stereocenters. The molecule has 2 aliphatic heterocycles. The maximum Gasteiger partial charge on any atom is 0.308 e. The van der Waals surface area contributed by atoms with Gasteiger partial charge in [0, 0.05) is 19.5 Å². The van der Waals surface area contributed by atoms with Gasteiger partial charge in [-0.3, -0.25) is 14.4 Å². The Labute approximate surface area is 99.0 Å². The van der Waals surface area contributed by atoms with Gasteiger partial charge >= 0.3 is 5.97 Å². The number of aliphatic carboxylic acids is 1. The minimum atomic E-state index is -0.858. The third-order valence-corrected chi connectivity index (χ3v) is 3.53. The fourth-order valence-electron chi connectivity index (χ4n) is 2.49. The summed E-state index contributed by atoms with van der Waals surface area (Å²) in [5.74, 6) is -1.63. The van der Waals surface area contributed by atoms with Crippen LogP contribution in [0.15, 0.2) is 0 Å². The fourth-order valence-corrected chi connectivity index (χ4v) is 2.49. The van der Waals surface area contributed by atoms with E-state index in [1.807, 2.05) is 6.92 Å². The summed E-state index contributed by atoms with van der Waals surface area (Å²) in [4.78, 5) is 35.6. The summed E-state index contributed by atoms with van der Waals surface area (Å²) >= 11 is 0. The second kappa shape index (κ2) is 4.35. The number of carbonyl (C=O) groups is 3. The highest BCUT2D eigenvalue weighted by Crippen LogP contribution is 2.24. The molecule has 0 aliphatic carbocycles. The number of rotatable bonds is 2. The van der Waals surface area contributed by atoms with Crippen molar-refractivity contribution in [2.75, 3.05) is 13.1 Å². The van der Waals surface area contributed by atoms with Gasteiger partial charge < -0.3 is 15.3 Å². The van der Waals surface area contributed by atoms with Crippen LogP contribution in [0.1, 0.15) is 19.8 Å². The number of hydrogen-bond donors (Lipinski definition) is 2. The molecule has 6 nitrogen and oxygen atoms in total. The summed E-state index contributed by atoms with van der Waals surface area (Å²) in [5.41, 5.74) is 0. The molecule has 2 aliphatic rings. The lowest BCUT2D eigenvalue weighted by Crippen LogP contribution is -2.43. The summed E-state index contributed by atoms with van der Waals surface area (Å²) in [6.45, 7) is 2.54. The molecular formula is C11H16N2O4. The van der Waals surface area contributed by atoms with Crippen LogP contribution in [-0.2, 0) is 14.4 Å². The minimum Gasteiger partial charge on any atom is -0.481 e. The van der Waals surface area contributed by atoms with E-state index in [4.69, 9.17) is 5.11 Å². The van der Waals surface area contributed by atoms with Crippen LogP contribution in [0.25, 0.3) is 0 Å². The van der Waals surface area contributed by atoms with Crippen LogP contribution in [0.5, 0.6) is 0 Å². The third-order valence-electron chi connectivity index (χ3n) is 3.53. The van der Waals surface area contributed by atoms with Gasteiger partial charge in [0.05, 0.1) is 5.92 Å². The van der Waals surface area contributed by atoms with Gasteiger partial charge in [-0.05, 0) is 12.3 Å². The normalized spacial score (nSPS) is 32.6. The summed E-state index contributed by atoms with van der Waals surface area (Å²) in [6, 6.07) is -0.456. The van der Waals surface area contributed by atoms with Crippen molar-refractivity contribution in [3.63, 3.8) is 0 Å². The molecule has 0 aromatic carbocycles. The topological polar surface area (TPSA) is 86.7 Å². The van der Waals surface area contributed by atoms with Gasteiger partial charge in [-0.1, -0.05) is 6.92 Å². The van der Waals surface area contributed by atoms with Crippen LogP contribution in [-0.4, -0.2) is 46.9 Å². The number of carboxylic acid groups (broad SMARTS) is 1. The van der Waals surface area contributed by atoms with E-state index in [0.717, 1.165) is 0 Å². The molecule has 6 heteroatoms. The van der Waals surface area contributed by atoms with Crippen molar-refractivity contribution in [3.05, 3.63) is 0 Å². The highest BCUT2D eigenvalue weighted by atomic mass is 16.4. The average Bonchev–Trinajstić information content (AvgIpc) is 2.83. The van der Waals surface area contributed by atoms with E-state index in [1.165, 1.54) is 0 Å². The standard InChI is InChI=1S/C11H16N2O4/c1-6-4-13(5-7(6)11(16)17)10(15)8-2-3-9(14)12-8/h6-8H,2-5H2,1H3,(H,12,14)(H,16,17)/t6-,7-,8+/m1/s1. The van der Waals surface area contributed by atoms with Crippen LogP contribution in [0.2, 0.25) is 0 Å². The Morgan fingerprint density at radius 2 is 2.12 bits per heavy atom. The van der Waals surface area contributed by atoms with Crippen LogP contribution in [0.3, 0.4) is 0 Å². The number of carboxylic acids is 1. The number of carbonyl (C=O) groups excluding carboxylic acids is 2. The number of likely N-dealkylation sites (tertiary alicyclic amines) is 1. The predicted molar refractivity (Wildman–Crippen MR) is 58.0 cm³/mol. The number of nitrogens with zero attached hydrogens (tertiary/aromatic N) is 1. The highest BCUT2D eigenvalue weighted by molar-refractivity contribution is 5.91. The zero-order valence-electron chi connectivity index (χ0n) is 9.68. The Morgan fingerprint density at radius 1 is 1.41 bits per heavy atom. The minimum absolute atomic E-state index is 0.0337. The molecule has 3 atom stereocenters. The lowest BCUT2D eigenvalue weighted by Gasteiger charge is -2.20. The molecule has 2 rings (SSSR count). The summed E-state index contributed by atoms with van der Waals surface area (Å²) in [5, 5.41) is 11.6. The van der Waals surface area contributed by atoms with Gasteiger partial charge in [0.1, 0.15) is 6.04 Å². The molecule has 0 aromatic rings. The van der Waals surface area contributed by atoms with Gasteiger partial charge in [0.2, 0.25) is 11.8 Å². The summed E-state index contributed by atoms with van der Waals surface area (Å²) in [7, 11) is 0. The Kier molecular flexibility index (Phi) is 3.04. The highest BCUT2D eigenvalue weighted by Gasteiger charge is 2.40. The number of nitrogens with one attached hydrogen (secondary N) is 1. The van der Waals surface area contributed by atoms with Crippen LogP contribution in [0.4, 0.5) is 0 Å². The monoisotopic (exact) mass is 240 g/mol. The molecule has 0 radical (unpaired) electrons. The number of amides is 2. The largest absolute Gasteiger partial charge is 0.481 e. The van der Waals surface area contributed by atoms with Crippen molar-refractivity contribution in [2.45, 2.75) is 25.8 Å². The molecule has 0 bridgehead atoms. The van der Waals surface area contributed by atoms with E-state index in [1.54, 1.807) is 4.90 Å². The molecule has 2 saturated heterocycles. The van der Waals surface area contributed by atoms with Crippen molar-refractivity contribution in [1.29, 1.82) is 0 Å². The zero-order chi connectivity index (χ0) is 12.6.